The predicted molar refractivity (Wildman–Crippen MR) is 114 cm³/mol. The Labute approximate surface area is 255 Å². The molecule has 0 radical (unpaired) electrons. The van der Waals surface area contributed by atoms with Crippen LogP contribution in [0.2, 0.25) is 0 Å². The zero-order valence-corrected chi connectivity index (χ0v) is 25.5. The fraction of sp³-hybridized carbons (Fsp3) is 0.762. The molecule has 0 bridgehead atoms. The average molecular weight is 545 g/mol. The number of hydrogen-bond acceptors (Lipinski definition) is 13. The van der Waals surface area contributed by atoms with Gasteiger partial charge in [-0.15, -0.1) is 0 Å². The van der Waals surface area contributed by atoms with E-state index in [1.165, 1.54) is 7.11 Å². The average Bonchev–Trinajstić information content (AvgIpc) is 2.84. The first-order valence-electron chi connectivity index (χ1n) is 10.3. The molecule has 0 saturated heterocycles. The molecule has 0 atom stereocenters. The maximum Gasteiger partial charge on any atom is 1.00 e. The second-order valence-electron chi connectivity index (χ2n) is 7.47. The molecule has 0 aromatic rings. The van der Waals surface area contributed by atoms with Crippen molar-refractivity contribution in [2.45, 2.75) is 32.1 Å². The molecule has 0 spiro atoms. The topological polar surface area (TPSA) is 237 Å². The van der Waals surface area contributed by atoms with Gasteiger partial charge in [0, 0.05) is 18.0 Å². The number of aliphatic carboxylic acids is 2. The van der Waals surface area contributed by atoms with E-state index in [9.17, 15) is 24.6 Å². The smallest absolute Gasteiger partial charge is 0.550 e. The van der Waals surface area contributed by atoms with Crippen LogP contribution in [0.15, 0.2) is 12.7 Å². The van der Waals surface area contributed by atoms with Gasteiger partial charge in [-0.1, -0.05) is 13.0 Å². The largest absolute Gasteiger partial charge is 1.00 e. The summed E-state index contributed by atoms with van der Waals surface area (Å²) in [7, 11) is 1.31. The summed E-state index contributed by atoms with van der Waals surface area (Å²) >= 11 is 0. The van der Waals surface area contributed by atoms with Crippen LogP contribution in [0.5, 0.6) is 0 Å². The molecule has 0 heterocycles. The van der Waals surface area contributed by atoms with Crippen molar-refractivity contribution in [1.29, 1.82) is 0 Å². The molecule has 6 N–H and O–H groups in total. The van der Waals surface area contributed by atoms with E-state index in [1.54, 1.807) is 0 Å². The molecule has 0 rings (SSSR count). The van der Waals surface area contributed by atoms with Crippen molar-refractivity contribution < 1.29 is 124 Å². The van der Waals surface area contributed by atoms with Gasteiger partial charge in [0.25, 0.3) is 0 Å². The molecule has 13 nitrogen and oxygen atoms in total. The number of ether oxygens (including phenoxy) is 2. The third-order valence-electron chi connectivity index (χ3n) is 4.46. The number of carbonyl (C=O) groups is 3. The van der Waals surface area contributed by atoms with E-state index >= 15 is 0 Å². The summed E-state index contributed by atoms with van der Waals surface area (Å²) in [6.07, 6.45) is 2.69. The number of carboxylic acids is 2. The second-order valence-corrected chi connectivity index (χ2v) is 7.47. The third-order valence-corrected chi connectivity index (χ3v) is 4.46. The first kappa shape index (κ1) is 45.8. The molecule has 36 heavy (non-hydrogen) atoms. The van der Waals surface area contributed by atoms with Crippen LogP contribution >= 0.6 is 0 Å². The first-order chi connectivity index (χ1) is 16.0. The number of carboxylic acid groups (broad SMARTS) is 2. The first-order valence-corrected chi connectivity index (χ1v) is 10.3. The molecule has 0 aliphatic rings. The van der Waals surface area contributed by atoms with Gasteiger partial charge < -0.3 is 59.9 Å². The van der Waals surface area contributed by atoms with Gasteiger partial charge in [0.2, 0.25) is 0 Å². The summed E-state index contributed by atoms with van der Waals surface area (Å²) in [6.45, 7) is 0.152. The molecular formula is C21H38Na2O13. The number of unbranched alkanes of at least 4 members (excludes halogenated alkanes) is 2. The van der Waals surface area contributed by atoms with Crippen LogP contribution in [0.1, 0.15) is 32.1 Å². The fourth-order valence-electron chi connectivity index (χ4n) is 1.86. The van der Waals surface area contributed by atoms with Crippen LogP contribution in [-0.2, 0) is 23.9 Å². The summed E-state index contributed by atoms with van der Waals surface area (Å²) < 4.78 is 9.29. The van der Waals surface area contributed by atoms with Crippen molar-refractivity contribution in [3.8, 4) is 0 Å². The fourth-order valence-corrected chi connectivity index (χ4v) is 1.86. The van der Waals surface area contributed by atoms with Gasteiger partial charge >= 0.3 is 65.1 Å². The van der Waals surface area contributed by atoms with Gasteiger partial charge in [0.05, 0.1) is 70.8 Å². The Balaban J connectivity index is -0.000000146. The molecule has 0 aliphatic carbocycles. The summed E-state index contributed by atoms with van der Waals surface area (Å²) in [6, 6.07) is 0. The molecule has 0 unspecified atom stereocenters. The number of esters is 1. The van der Waals surface area contributed by atoms with E-state index in [0.717, 1.165) is 6.08 Å². The second kappa shape index (κ2) is 29.4. The Morgan fingerprint density at radius 2 is 1.03 bits per heavy atom. The van der Waals surface area contributed by atoms with E-state index in [0.29, 0.717) is 19.3 Å². The van der Waals surface area contributed by atoms with Crippen LogP contribution in [0.25, 0.3) is 0 Å². The Hall–Kier alpha value is -0.130. The Kier molecular flexibility index (Phi) is 37.4. The van der Waals surface area contributed by atoms with E-state index in [2.05, 4.69) is 11.3 Å². The number of hydrogen-bond donors (Lipinski definition) is 6. The normalized spacial score (nSPS) is 10.2. The van der Waals surface area contributed by atoms with Crippen LogP contribution in [-0.4, -0.2) is 109 Å². The summed E-state index contributed by atoms with van der Waals surface area (Å²) in [5, 5.41) is 73.9. The van der Waals surface area contributed by atoms with Crippen LogP contribution in [0, 0.1) is 10.8 Å². The van der Waals surface area contributed by atoms with Gasteiger partial charge in [0.15, 0.2) is 0 Å². The van der Waals surface area contributed by atoms with E-state index in [4.69, 9.17) is 35.4 Å². The summed E-state index contributed by atoms with van der Waals surface area (Å²) in [5.41, 5.74) is -2.32. The number of methoxy groups -OCH3 is 1. The molecule has 15 heteroatoms. The zero-order valence-electron chi connectivity index (χ0n) is 21.5. The van der Waals surface area contributed by atoms with Gasteiger partial charge in [-0.25, -0.2) is 4.79 Å². The van der Waals surface area contributed by atoms with Crippen molar-refractivity contribution >= 4 is 17.9 Å². The van der Waals surface area contributed by atoms with Crippen molar-refractivity contribution in [3.05, 3.63) is 12.7 Å². The van der Waals surface area contributed by atoms with Gasteiger partial charge in [-0.05, 0) is 25.7 Å². The van der Waals surface area contributed by atoms with E-state index in [-0.39, 0.29) is 85.2 Å². The maximum atomic E-state index is 9.86. The SMILES string of the molecule is C=CC(=O)OC.O=C([O-])CCCCCC(=O)[O-].OCC(CO)(CO)COCC(CO)(CO)CO.[Na+].[Na+]. The van der Waals surface area contributed by atoms with Crippen molar-refractivity contribution in [1.82, 2.24) is 0 Å². The monoisotopic (exact) mass is 544 g/mol. The van der Waals surface area contributed by atoms with Gasteiger partial charge in [0.1, 0.15) is 0 Å². The number of rotatable bonds is 17. The number of carbonyl (C=O) groups excluding carboxylic acids is 3. The van der Waals surface area contributed by atoms with Crippen LogP contribution in [0.3, 0.4) is 0 Å². The van der Waals surface area contributed by atoms with Crippen molar-refractivity contribution in [2.24, 2.45) is 10.8 Å². The van der Waals surface area contributed by atoms with Crippen molar-refractivity contribution in [3.63, 3.8) is 0 Å². The van der Waals surface area contributed by atoms with Crippen LogP contribution < -0.4 is 69.3 Å². The molecule has 0 aliphatic heterocycles. The minimum Gasteiger partial charge on any atom is -0.550 e. The minimum absolute atomic E-state index is 0. The summed E-state index contributed by atoms with van der Waals surface area (Å²) in [4.78, 5) is 29.6. The summed E-state index contributed by atoms with van der Waals surface area (Å²) in [5.74, 6) is -2.56. The molecular weight excluding hydrogens is 506 g/mol. The molecule has 202 valence electrons. The van der Waals surface area contributed by atoms with Crippen LogP contribution in [0.4, 0.5) is 0 Å². The number of aliphatic hydroxyl groups excluding tert-OH is 6. The van der Waals surface area contributed by atoms with E-state index in [1.807, 2.05) is 0 Å². The Morgan fingerprint density at radius 1 is 0.722 bits per heavy atom. The van der Waals surface area contributed by atoms with Gasteiger partial charge in [-0.3, -0.25) is 0 Å². The minimum atomic E-state index is -1.16. The Morgan fingerprint density at radius 3 is 1.19 bits per heavy atom. The van der Waals surface area contributed by atoms with E-state index < -0.39 is 68.4 Å². The Bertz CT molecular complexity index is 501. The third kappa shape index (κ3) is 25.5. The van der Waals surface area contributed by atoms with Gasteiger partial charge in [-0.2, -0.15) is 0 Å². The quantitative estimate of drug-likeness (QED) is 0.0432. The predicted octanol–water partition coefficient (Wildman–Crippen LogP) is -10.3. The molecule has 0 aromatic carbocycles. The maximum absolute atomic E-state index is 9.86. The standard InChI is InChI=1S/C10H22O7.C7H12O4.C4H6O2.2Na/c11-1-9(2-12,3-13)7-17-8-10(4-14,5-15)6-16;8-6(9)4-2-1-3-5-7(10)11;1-3-4(5)6-2;;/h11-16H,1-8H2;1-5H2,(H,8,9)(H,10,11);3H,1H2,2H3;;/q;;;2*+1/p-2. The number of aliphatic hydroxyl groups is 6. The molecule has 0 aromatic heterocycles. The zero-order chi connectivity index (χ0) is 27.0. The molecule has 0 amide bonds. The molecule has 0 saturated carbocycles. The molecule has 0 fully saturated rings. The van der Waals surface area contributed by atoms with Crippen molar-refractivity contribution in [2.75, 3.05) is 60.0 Å².